The van der Waals surface area contributed by atoms with Crippen LogP contribution in [0.15, 0.2) is 164 Å². The van der Waals surface area contributed by atoms with Gasteiger partial charge in [0.05, 0.1) is 34.8 Å². The van der Waals surface area contributed by atoms with Crippen LogP contribution in [0, 0.1) is 17.9 Å². The molecule has 0 saturated heterocycles. The smallest absolute Gasteiger partial charge is 0.252 e. The quantitative estimate of drug-likeness (QED) is 0.130. The van der Waals surface area contributed by atoms with Gasteiger partial charge < -0.3 is 9.13 Å². The van der Waals surface area contributed by atoms with E-state index >= 15 is 0 Å². The second kappa shape index (κ2) is 10.9. The average molecular weight is 719 g/mol. The summed E-state index contributed by atoms with van der Waals surface area (Å²) in [4.78, 5) is 3.90. The lowest BCUT2D eigenvalue weighted by Crippen LogP contribution is -2.59. The zero-order valence-electron chi connectivity index (χ0n) is 30.5. The molecule has 13 rings (SSSR count). The third kappa shape index (κ3) is 3.90. The van der Waals surface area contributed by atoms with E-state index in [1.807, 2.05) is 12.1 Å². The number of nitriles is 1. The maximum absolute atomic E-state index is 10.2. The Morgan fingerprint density at radius 3 is 1.68 bits per heavy atom. The molecule has 0 amide bonds. The van der Waals surface area contributed by atoms with Crippen molar-refractivity contribution in [3.05, 3.63) is 181 Å². The molecule has 0 aliphatic carbocycles. The summed E-state index contributed by atoms with van der Waals surface area (Å²) in [6, 6.07) is 61.3. The van der Waals surface area contributed by atoms with Gasteiger partial charge >= 0.3 is 0 Å². The molecule has 5 heteroatoms. The summed E-state index contributed by atoms with van der Waals surface area (Å²) in [5.41, 5.74) is 16.6. The normalized spacial score (nSPS) is 12.5. The van der Waals surface area contributed by atoms with Gasteiger partial charge in [-0.05, 0) is 114 Å². The molecule has 0 fully saturated rings. The molecule has 0 atom stereocenters. The maximum Gasteiger partial charge on any atom is 0.252 e. The van der Waals surface area contributed by atoms with Crippen LogP contribution in [0.25, 0.3) is 104 Å². The molecular formula is C52H27BN4. The minimum atomic E-state index is -0.0664. The SMILES string of the molecule is [C-]#[N+]c1ccc2c(c1)c1c3ccccc3cc3c1n2-c1cc(-c2cccc(-c4ccccc4)c2)cc2c1B3c1cc3ccccc3c3c4cc(C#N)ccc4n-2c13. The number of aromatic nitrogens is 2. The Hall–Kier alpha value is -7.86. The zero-order valence-corrected chi connectivity index (χ0v) is 30.5. The third-order valence-corrected chi connectivity index (χ3v) is 12.6. The number of fused-ring (bicyclic) bond motifs is 14. The molecule has 4 heterocycles. The molecule has 0 radical (unpaired) electrons. The Bertz CT molecular complexity index is 3520. The van der Waals surface area contributed by atoms with Gasteiger partial charge in [-0.1, -0.05) is 115 Å². The van der Waals surface area contributed by atoms with Gasteiger partial charge in [0.1, 0.15) is 0 Å². The van der Waals surface area contributed by atoms with Crippen LogP contribution < -0.4 is 16.4 Å². The fourth-order valence-corrected chi connectivity index (χ4v) is 10.4. The molecule has 2 aliphatic heterocycles. The molecule has 57 heavy (non-hydrogen) atoms. The van der Waals surface area contributed by atoms with Crippen LogP contribution in [0.4, 0.5) is 5.69 Å². The third-order valence-electron chi connectivity index (χ3n) is 12.6. The summed E-state index contributed by atoms with van der Waals surface area (Å²) in [5, 5.41) is 19.5. The predicted molar refractivity (Wildman–Crippen MR) is 237 cm³/mol. The largest absolute Gasteiger partial charge is 0.310 e. The van der Waals surface area contributed by atoms with Crippen LogP contribution >= 0.6 is 0 Å². The van der Waals surface area contributed by atoms with E-state index in [-0.39, 0.29) is 6.71 Å². The first-order chi connectivity index (χ1) is 28.2. The lowest BCUT2D eigenvalue weighted by molar-refractivity contribution is 1.14. The summed E-state index contributed by atoms with van der Waals surface area (Å²) >= 11 is 0. The van der Waals surface area contributed by atoms with Crippen molar-refractivity contribution in [2.45, 2.75) is 0 Å². The van der Waals surface area contributed by atoms with Crippen LogP contribution in [0.3, 0.4) is 0 Å². The van der Waals surface area contributed by atoms with E-state index in [0.29, 0.717) is 11.3 Å². The Morgan fingerprint density at radius 2 is 1.05 bits per heavy atom. The molecule has 258 valence electrons. The van der Waals surface area contributed by atoms with Crippen molar-refractivity contribution in [2.75, 3.05) is 0 Å². The van der Waals surface area contributed by atoms with Crippen molar-refractivity contribution >= 4 is 93.9 Å². The molecule has 9 aromatic carbocycles. The standard InChI is InChI=1S/C52H27BN4/c1-55-37-19-21-45-41(28-37)49-39-17-8-6-13-35(39)25-43-52(49)57(45)47-27-36(33-15-9-14-32(23-33)31-10-3-2-4-11-31)26-46-50(47)53(43)42-24-34-12-5-7-16-38(34)48-40-22-30(29-54)18-20-44(40)56(46)51(42)48/h2-28H. The van der Waals surface area contributed by atoms with Crippen LogP contribution in [0.2, 0.25) is 0 Å². The molecule has 0 spiro atoms. The molecule has 4 nitrogen and oxygen atoms in total. The summed E-state index contributed by atoms with van der Waals surface area (Å²) in [6.45, 7) is 7.92. The first-order valence-corrected chi connectivity index (χ1v) is 19.3. The molecule has 2 aliphatic rings. The summed E-state index contributed by atoms with van der Waals surface area (Å²) < 4.78 is 4.97. The van der Waals surface area contributed by atoms with Gasteiger partial charge in [0.25, 0.3) is 6.71 Å². The molecular weight excluding hydrogens is 691 g/mol. The van der Waals surface area contributed by atoms with Crippen LogP contribution in [-0.4, -0.2) is 15.8 Å². The second-order valence-electron chi connectivity index (χ2n) is 15.5. The monoisotopic (exact) mass is 718 g/mol. The number of nitrogens with zero attached hydrogens (tertiary/aromatic N) is 4. The summed E-state index contributed by atoms with van der Waals surface area (Å²) in [6.07, 6.45) is 0. The van der Waals surface area contributed by atoms with Crippen LogP contribution in [-0.2, 0) is 0 Å². The molecule has 0 N–H and O–H groups in total. The van der Waals surface area contributed by atoms with Crippen molar-refractivity contribution < 1.29 is 0 Å². The van der Waals surface area contributed by atoms with Crippen molar-refractivity contribution in [2.24, 2.45) is 0 Å². The van der Waals surface area contributed by atoms with Gasteiger partial charge in [-0.3, -0.25) is 0 Å². The molecule has 0 saturated carbocycles. The van der Waals surface area contributed by atoms with Gasteiger partial charge in [0.2, 0.25) is 0 Å². The highest BCUT2D eigenvalue weighted by molar-refractivity contribution is 7.00. The van der Waals surface area contributed by atoms with Crippen LogP contribution in [0.5, 0.6) is 0 Å². The van der Waals surface area contributed by atoms with E-state index in [1.54, 1.807) is 0 Å². The second-order valence-corrected chi connectivity index (χ2v) is 15.5. The highest BCUT2D eigenvalue weighted by atomic mass is 15.0. The van der Waals surface area contributed by atoms with Gasteiger partial charge in [0.15, 0.2) is 5.69 Å². The van der Waals surface area contributed by atoms with E-state index in [9.17, 15) is 5.26 Å². The van der Waals surface area contributed by atoms with Crippen molar-refractivity contribution in [3.8, 4) is 39.7 Å². The first kappa shape index (κ1) is 30.5. The molecule has 11 aromatic rings. The first-order valence-electron chi connectivity index (χ1n) is 19.3. The topological polar surface area (TPSA) is 38.0 Å². The number of benzene rings is 9. The fourth-order valence-electron chi connectivity index (χ4n) is 10.4. The van der Waals surface area contributed by atoms with Gasteiger partial charge in [-0.2, -0.15) is 5.26 Å². The highest BCUT2D eigenvalue weighted by Crippen LogP contribution is 2.45. The zero-order chi connectivity index (χ0) is 37.5. The number of hydrogen-bond acceptors (Lipinski definition) is 1. The van der Waals surface area contributed by atoms with Gasteiger partial charge in [-0.15, -0.1) is 0 Å². The van der Waals surface area contributed by atoms with Crippen LogP contribution in [0.1, 0.15) is 5.56 Å². The predicted octanol–water partition coefficient (Wildman–Crippen LogP) is 11.1. The number of rotatable bonds is 2. The van der Waals surface area contributed by atoms with E-state index in [4.69, 9.17) is 6.57 Å². The minimum Gasteiger partial charge on any atom is -0.310 e. The van der Waals surface area contributed by atoms with E-state index in [2.05, 4.69) is 172 Å². The van der Waals surface area contributed by atoms with Gasteiger partial charge in [-0.25, -0.2) is 4.85 Å². The Kier molecular flexibility index (Phi) is 5.82. The van der Waals surface area contributed by atoms with Crippen molar-refractivity contribution in [3.63, 3.8) is 0 Å². The minimum absolute atomic E-state index is 0.0664. The lowest BCUT2D eigenvalue weighted by Gasteiger charge is -2.34. The highest BCUT2D eigenvalue weighted by Gasteiger charge is 2.42. The van der Waals surface area contributed by atoms with E-state index in [0.717, 1.165) is 44.3 Å². The Morgan fingerprint density at radius 1 is 0.491 bits per heavy atom. The number of hydrogen-bond donors (Lipinski definition) is 0. The van der Waals surface area contributed by atoms with Gasteiger partial charge in [0, 0.05) is 33.1 Å². The van der Waals surface area contributed by atoms with E-state index < -0.39 is 0 Å². The van der Waals surface area contributed by atoms with Crippen molar-refractivity contribution in [1.82, 2.24) is 9.13 Å². The fraction of sp³-hybridized carbons (Fsp3) is 0. The Labute approximate surface area is 327 Å². The Balaban J connectivity index is 1.26. The average Bonchev–Trinajstić information content (AvgIpc) is 3.80. The maximum atomic E-state index is 10.2. The van der Waals surface area contributed by atoms with Crippen molar-refractivity contribution in [1.29, 1.82) is 5.26 Å². The summed E-state index contributed by atoms with van der Waals surface area (Å²) in [5.74, 6) is 0. The molecule has 0 bridgehead atoms. The summed E-state index contributed by atoms with van der Waals surface area (Å²) in [7, 11) is 0. The molecule has 0 unspecified atom stereocenters. The lowest BCUT2D eigenvalue weighted by atomic mass is 9.34. The van der Waals surface area contributed by atoms with E-state index in [1.165, 1.54) is 70.9 Å². The molecule has 2 aromatic heterocycles.